The van der Waals surface area contributed by atoms with Gasteiger partial charge in [0.15, 0.2) is 5.78 Å². The van der Waals surface area contributed by atoms with Crippen LogP contribution in [0.2, 0.25) is 0 Å². The summed E-state index contributed by atoms with van der Waals surface area (Å²) in [7, 11) is 9.72. The van der Waals surface area contributed by atoms with E-state index in [9.17, 15) is 4.79 Å². The summed E-state index contributed by atoms with van der Waals surface area (Å²) in [6.45, 7) is 0. The lowest BCUT2D eigenvalue weighted by atomic mass is 9.96. The van der Waals surface area contributed by atoms with Crippen LogP contribution in [0.4, 0.5) is 0 Å². The van der Waals surface area contributed by atoms with Crippen molar-refractivity contribution in [2.24, 2.45) is 0 Å². The van der Waals surface area contributed by atoms with Gasteiger partial charge in [-0.2, -0.15) is 0 Å². The first-order valence-corrected chi connectivity index (χ1v) is 12.2. The first-order valence-electron chi connectivity index (χ1n) is 12.2. The molecule has 4 rings (SSSR count). The summed E-state index contributed by atoms with van der Waals surface area (Å²) in [5, 5.41) is 0. The zero-order valence-electron chi connectivity index (χ0n) is 24.6. The van der Waals surface area contributed by atoms with Crippen molar-refractivity contribution in [3.63, 3.8) is 0 Å². The van der Waals surface area contributed by atoms with Gasteiger partial charge in [0.2, 0.25) is 5.79 Å². The van der Waals surface area contributed by atoms with Gasteiger partial charge >= 0.3 is 1.43 Å². The summed E-state index contributed by atoms with van der Waals surface area (Å²) in [4.78, 5) is 12.2. The van der Waals surface area contributed by atoms with E-state index < -0.39 is 5.79 Å². The lowest BCUT2D eigenvalue weighted by molar-refractivity contribution is -0.183. The quantitative estimate of drug-likeness (QED) is 0.192. The Kier molecular flexibility index (Phi) is 12.2. The molecule has 0 fully saturated rings. The van der Waals surface area contributed by atoms with Gasteiger partial charge in [0.25, 0.3) is 0 Å². The molecular weight excluding hydrogens is 512 g/mol. The van der Waals surface area contributed by atoms with Crippen LogP contribution >= 0.6 is 0 Å². The maximum atomic E-state index is 12.2. The third kappa shape index (κ3) is 7.39. The molecule has 40 heavy (non-hydrogen) atoms. The third-order valence-electron chi connectivity index (χ3n) is 6.22. The van der Waals surface area contributed by atoms with E-state index in [1.807, 2.05) is 48.5 Å². The Balaban J connectivity index is 0.000000395. The molecule has 8 nitrogen and oxygen atoms in total. The fourth-order valence-electron chi connectivity index (χ4n) is 3.99. The summed E-state index contributed by atoms with van der Waals surface area (Å²) in [5.74, 6) is 2.07. The summed E-state index contributed by atoms with van der Waals surface area (Å²) < 4.78 is 31.9. The predicted octanol–water partition coefficient (Wildman–Crippen LogP) is 5.42. The van der Waals surface area contributed by atoms with Crippen LogP contribution in [0.15, 0.2) is 97.1 Å². The van der Waals surface area contributed by atoms with Gasteiger partial charge in [0, 0.05) is 36.5 Å². The van der Waals surface area contributed by atoms with E-state index in [1.165, 1.54) is 0 Å². The zero-order valence-corrected chi connectivity index (χ0v) is 23.6. The number of benzene rings is 4. The predicted molar refractivity (Wildman–Crippen MR) is 155 cm³/mol. The maximum Gasteiger partial charge on any atom is 1.00 e. The Morgan fingerprint density at radius 1 is 0.475 bits per heavy atom. The van der Waals surface area contributed by atoms with E-state index in [0.717, 1.165) is 34.1 Å². The minimum atomic E-state index is -0.960. The summed E-state index contributed by atoms with van der Waals surface area (Å²) >= 11 is 0. The monoisotopic (exact) mass is 549 g/mol. The highest BCUT2D eigenvalue weighted by Crippen LogP contribution is 2.35. The van der Waals surface area contributed by atoms with Gasteiger partial charge < -0.3 is 33.9 Å². The van der Waals surface area contributed by atoms with E-state index in [0.29, 0.717) is 11.1 Å². The number of carbonyl (C=O) groups excluding carboxylic acids is 1. The number of rotatable bonds is 10. The minimum Gasteiger partial charge on any atom is -0.497 e. The smallest absolute Gasteiger partial charge is 0.497 e. The second kappa shape index (κ2) is 15.3. The molecule has 0 saturated carbocycles. The largest absolute Gasteiger partial charge is 1.00 e. The highest BCUT2D eigenvalue weighted by atomic mass is 16.7. The normalized spacial score (nSPS) is 10.3. The molecule has 4 aromatic carbocycles. The topological polar surface area (TPSA) is 104 Å². The van der Waals surface area contributed by atoms with E-state index in [1.54, 1.807) is 91.2 Å². The van der Waals surface area contributed by atoms with E-state index in [2.05, 4.69) is 0 Å². The van der Waals surface area contributed by atoms with Crippen LogP contribution in [0.1, 0.15) is 28.5 Å². The van der Waals surface area contributed by atoms with E-state index >= 15 is 0 Å². The molecule has 0 amide bonds. The molecule has 0 aromatic heterocycles. The van der Waals surface area contributed by atoms with Crippen LogP contribution in [0.25, 0.3) is 0 Å². The summed E-state index contributed by atoms with van der Waals surface area (Å²) in [5.41, 5.74) is 3.05. The Morgan fingerprint density at radius 3 is 0.950 bits per heavy atom. The molecule has 0 bridgehead atoms. The van der Waals surface area contributed by atoms with Crippen molar-refractivity contribution in [3.8, 4) is 23.0 Å². The fourth-order valence-corrected chi connectivity index (χ4v) is 3.99. The van der Waals surface area contributed by atoms with Gasteiger partial charge in [-0.05, 0) is 97.1 Å². The molecule has 212 valence electrons. The molecule has 0 aliphatic rings. The molecule has 2 N–H and O–H groups in total. The molecule has 0 spiro atoms. The van der Waals surface area contributed by atoms with Crippen molar-refractivity contribution < 1.29 is 40.1 Å². The van der Waals surface area contributed by atoms with E-state index in [-0.39, 0.29) is 12.7 Å². The first kappa shape index (κ1) is 31.8. The molecule has 0 unspecified atom stereocenters. The number of ether oxygens (including phenoxy) is 6. The average molecular weight is 550 g/mol. The number of hydrogen-bond acceptors (Lipinski definition) is 7. The van der Waals surface area contributed by atoms with Crippen LogP contribution in [0.3, 0.4) is 0 Å². The number of ketones is 1. The highest BCUT2D eigenvalue weighted by molar-refractivity contribution is 6.09. The van der Waals surface area contributed by atoms with Crippen LogP contribution in [0, 0.1) is 0 Å². The van der Waals surface area contributed by atoms with Gasteiger partial charge in [0.05, 0.1) is 28.4 Å². The molecule has 0 aliphatic carbocycles. The van der Waals surface area contributed by atoms with E-state index in [4.69, 9.17) is 28.4 Å². The van der Waals surface area contributed by atoms with Crippen molar-refractivity contribution in [1.29, 1.82) is 0 Å². The van der Waals surface area contributed by atoms with Crippen molar-refractivity contribution >= 4 is 5.78 Å². The molecule has 4 aromatic rings. The molecule has 0 heterocycles. The summed E-state index contributed by atoms with van der Waals surface area (Å²) in [6, 6.07) is 29.3. The zero-order chi connectivity index (χ0) is 28.3. The van der Waals surface area contributed by atoms with Gasteiger partial charge in [-0.3, -0.25) is 4.79 Å². The number of hydrogen-bond donors (Lipinski definition) is 0. The first-order chi connectivity index (χ1) is 18.9. The van der Waals surface area contributed by atoms with Gasteiger partial charge in [-0.15, -0.1) is 0 Å². The summed E-state index contributed by atoms with van der Waals surface area (Å²) in [6.07, 6.45) is 0. The molecule has 0 aliphatic heterocycles. The average Bonchev–Trinajstić information content (AvgIpc) is 3.02. The number of carbonyl (C=O) groups is 1. The standard InChI is InChI=1S/C17H20O4.C15H14O3.H2O/c1-18-15-9-5-13(6-10-15)17(20-3,21-4)14-7-11-16(19-2)12-8-14;1-17-13-7-3-11(4-8-13)15(16)12-5-9-14(18-2)10-6-12;/h5-12H,1-4H3;3-10H,1-2H3;1H2/p+1. The lowest BCUT2D eigenvalue weighted by Gasteiger charge is -2.32. The van der Waals surface area contributed by atoms with Crippen molar-refractivity contribution in [1.82, 2.24) is 0 Å². The van der Waals surface area contributed by atoms with Crippen molar-refractivity contribution in [2.45, 2.75) is 5.79 Å². The molecule has 0 saturated heterocycles. The van der Waals surface area contributed by atoms with Crippen LogP contribution in [-0.2, 0) is 15.3 Å². The minimum absolute atomic E-state index is 0. The van der Waals surface area contributed by atoms with Crippen LogP contribution in [-0.4, -0.2) is 53.9 Å². The third-order valence-corrected chi connectivity index (χ3v) is 6.22. The van der Waals surface area contributed by atoms with Crippen molar-refractivity contribution in [3.05, 3.63) is 119 Å². The van der Waals surface area contributed by atoms with Crippen LogP contribution < -0.4 is 18.9 Å². The van der Waals surface area contributed by atoms with Crippen molar-refractivity contribution in [2.75, 3.05) is 42.7 Å². The number of methoxy groups -OCH3 is 6. The second-order valence-electron chi connectivity index (χ2n) is 8.27. The lowest BCUT2D eigenvalue weighted by Crippen LogP contribution is -2.32. The Labute approximate surface area is 236 Å². The molecule has 8 heteroatoms. The highest BCUT2D eigenvalue weighted by Gasteiger charge is 2.34. The Hall–Kier alpha value is -4.37. The van der Waals surface area contributed by atoms with Gasteiger partial charge in [0.1, 0.15) is 23.0 Å². The Bertz CT molecular complexity index is 1200. The second-order valence-corrected chi connectivity index (χ2v) is 8.27. The maximum absolute atomic E-state index is 12.2. The van der Waals surface area contributed by atoms with Gasteiger partial charge in [-0.25, -0.2) is 0 Å². The molecule has 0 atom stereocenters. The SMILES string of the molecule is COc1ccc(C(=O)c2ccc(OC)cc2)cc1.COc1ccc(C(OC)(OC)c2ccc(OC)cc2)cc1.O.[H+]. The van der Waals surface area contributed by atoms with Gasteiger partial charge in [-0.1, -0.05) is 0 Å². The van der Waals surface area contributed by atoms with Crippen LogP contribution in [0.5, 0.6) is 23.0 Å². The Morgan fingerprint density at radius 2 is 0.725 bits per heavy atom. The molecular formula is C32H37O8+. The molecule has 0 radical (unpaired) electrons. The fraction of sp³-hybridized carbons (Fsp3) is 0.219.